The molecule has 1 aromatic rings. The molecule has 60 valence electrons. The van der Waals surface area contributed by atoms with E-state index < -0.39 is 0 Å². The van der Waals surface area contributed by atoms with Crippen LogP contribution < -0.4 is 0 Å². The average Bonchev–Trinajstić information content (AvgIpc) is 1.97. The minimum atomic E-state index is -0.343. The Kier molecular flexibility index (Phi) is 3.16. The van der Waals surface area contributed by atoms with E-state index in [2.05, 4.69) is 15.9 Å². The van der Waals surface area contributed by atoms with Crippen LogP contribution in [0, 0.1) is 5.82 Å². The minimum Gasteiger partial charge on any atom is -0.206 e. The Morgan fingerprint density at radius 3 is 2.64 bits per heavy atom. The molecule has 0 unspecified atom stereocenters. The molecule has 0 saturated carbocycles. The molecule has 1 rings (SSSR count). The van der Waals surface area contributed by atoms with Gasteiger partial charge in [0.25, 0.3) is 0 Å². The van der Waals surface area contributed by atoms with E-state index in [0.29, 0.717) is 15.1 Å². The molecule has 0 bridgehead atoms. The van der Waals surface area contributed by atoms with E-state index in [0.717, 1.165) is 0 Å². The number of rotatable bonds is 1. The van der Waals surface area contributed by atoms with Crippen LogP contribution in [0.25, 0.3) is 0 Å². The Morgan fingerprint density at radius 1 is 1.45 bits per heavy atom. The Labute approximate surface area is 82.4 Å². The third-order valence-corrected chi connectivity index (χ3v) is 2.48. The maximum Gasteiger partial charge on any atom is 0.137 e. The third kappa shape index (κ3) is 2.08. The zero-order valence-corrected chi connectivity index (χ0v) is 8.47. The van der Waals surface area contributed by atoms with E-state index in [-0.39, 0.29) is 11.7 Å². The topological polar surface area (TPSA) is 0 Å². The highest BCUT2D eigenvalue weighted by atomic mass is 79.9. The fraction of sp³-hybridized carbons (Fsp3) is 0.143. The summed E-state index contributed by atoms with van der Waals surface area (Å²) in [6.07, 6.45) is 0. The van der Waals surface area contributed by atoms with Gasteiger partial charge in [-0.05, 0) is 33.6 Å². The normalized spacial score (nSPS) is 10.2. The van der Waals surface area contributed by atoms with Crippen LogP contribution in [0.4, 0.5) is 4.39 Å². The molecule has 0 aliphatic rings. The monoisotopic (exact) mass is 256 g/mol. The minimum absolute atomic E-state index is 0.225. The van der Waals surface area contributed by atoms with Crippen LogP contribution in [0.15, 0.2) is 16.6 Å². The lowest BCUT2D eigenvalue weighted by Gasteiger charge is -2.00. The van der Waals surface area contributed by atoms with Crippen LogP contribution >= 0.6 is 39.1 Å². The molecule has 1 aromatic carbocycles. The van der Waals surface area contributed by atoms with Gasteiger partial charge in [-0.1, -0.05) is 11.6 Å². The summed E-state index contributed by atoms with van der Waals surface area (Å²) in [4.78, 5) is 0. The van der Waals surface area contributed by atoms with E-state index in [1.807, 2.05) is 0 Å². The van der Waals surface area contributed by atoms with Gasteiger partial charge in [0.2, 0.25) is 0 Å². The van der Waals surface area contributed by atoms with Gasteiger partial charge >= 0.3 is 0 Å². The highest BCUT2D eigenvalue weighted by Gasteiger charge is 2.04. The van der Waals surface area contributed by atoms with E-state index in [1.54, 1.807) is 0 Å². The Morgan fingerprint density at radius 2 is 2.09 bits per heavy atom. The number of alkyl halides is 1. The van der Waals surface area contributed by atoms with Gasteiger partial charge in [-0.15, -0.1) is 11.6 Å². The molecule has 0 atom stereocenters. The summed E-state index contributed by atoms with van der Waals surface area (Å²) in [6.45, 7) is 0. The Hall–Kier alpha value is 0.210. The molecule has 0 fully saturated rings. The summed E-state index contributed by atoms with van der Waals surface area (Å²) in [6, 6.07) is 2.81. The van der Waals surface area contributed by atoms with E-state index in [1.165, 1.54) is 12.1 Å². The average molecular weight is 258 g/mol. The first-order valence-electron chi connectivity index (χ1n) is 2.84. The van der Waals surface area contributed by atoms with Crippen molar-refractivity contribution in [2.24, 2.45) is 0 Å². The second kappa shape index (κ2) is 3.74. The van der Waals surface area contributed by atoms with Crippen molar-refractivity contribution in [3.8, 4) is 0 Å². The molecule has 0 N–H and O–H groups in total. The van der Waals surface area contributed by atoms with E-state index >= 15 is 0 Å². The molecule has 0 aromatic heterocycles. The molecule has 0 aliphatic carbocycles. The van der Waals surface area contributed by atoms with E-state index in [9.17, 15) is 4.39 Å². The highest BCUT2D eigenvalue weighted by molar-refractivity contribution is 9.10. The van der Waals surface area contributed by atoms with Crippen LogP contribution in [-0.2, 0) is 5.88 Å². The Bertz CT molecular complexity index is 275. The zero-order chi connectivity index (χ0) is 8.43. The molecule has 0 heterocycles. The molecule has 0 nitrogen and oxygen atoms in total. The molecule has 0 amide bonds. The van der Waals surface area contributed by atoms with Gasteiger partial charge in [-0.25, -0.2) is 4.39 Å². The maximum absolute atomic E-state index is 12.8. The molecule has 0 saturated heterocycles. The lowest BCUT2D eigenvalue weighted by Crippen LogP contribution is -1.84. The Balaban J connectivity index is 3.21. The highest BCUT2D eigenvalue weighted by Crippen LogP contribution is 2.25. The molecule has 0 spiro atoms. The van der Waals surface area contributed by atoms with Gasteiger partial charge in [0.15, 0.2) is 0 Å². The van der Waals surface area contributed by atoms with Crippen LogP contribution in [0.3, 0.4) is 0 Å². The predicted molar refractivity (Wildman–Crippen MR) is 48.7 cm³/mol. The lowest BCUT2D eigenvalue weighted by atomic mass is 10.2. The molecular formula is C7H4BrCl2F. The molecular weight excluding hydrogens is 254 g/mol. The zero-order valence-electron chi connectivity index (χ0n) is 5.37. The third-order valence-electron chi connectivity index (χ3n) is 1.23. The quantitative estimate of drug-likeness (QED) is 0.527. The van der Waals surface area contributed by atoms with Crippen molar-refractivity contribution in [1.29, 1.82) is 0 Å². The van der Waals surface area contributed by atoms with Crippen molar-refractivity contribution in [3.63, 3.8) is 0 Å². The fourth-order valence-corrected chi connectivity index (χ4v) is 1.66. The van der Waals surface area contributed by atoms with Crippen molar-refractivity contribution in [3.05, 3.63) is 33.0 Å². The van der Waals surface area contributed by atoms with Crippen molar-refractivity contribution < 1.29 is 4.39 Å². The summed E-state index contributed by atoms with van der Waals surface area (Å²) in [5.74, 6) is -0.117. The molecule has 4 heteroatoms. The van der Waals surface area contributed by atoms with Gasteiger partial charge in [0.05, 0.1) is 4.47 Å². The SMILES string of the molecule is Fc1cc(CCl)c(Cl)cc1Br. The first-order valence-corrected chi connectivity index (χ1v) is 4.55. The number of hydrogen-bond acceptors (Lipinski definition) is 0. The van der Waals surface area contributed by atoms with Crippen LogP contribution in [0.5, 0.6) is 0 Å². The van der Waals surface area contributed by atoms with Gasteiger partial charge in [0, 0.05) is 10.9 Å². The number of benzene rings is 1. The molecule has 11 heavy (non-hydrogen) atoms. The number of halogens is 4. The summed E-state index contributed by atoms with van der Waals surface area (Å²) in [5, 5.41) is 0.480. The smallest absolute Gasteiger partial charge is 0.137 e. The number of hydrogen-bond donors (Lipinski definition) is 0. The van der Waals surface area contributed by atoms with Crippen molar-refractivity contribution in [1.82, 2.24) is 0 Å². The second-order valence-electron chi connectivity index (χ2n) is 1.99. The molecule has 0 aliphatic heterocycles. The summed E-state index contributed by atoms with van der Waals surface area (Å²) >= 11 is 14.2. The van der Waals surface area contributed by atoms with Crippen molar-refractivity contribution in [2.45, 2.75) is 5.88 Å². The second-order valence-corrected chi connectivity index (χ2v) is 3.52. The lowest BCUT2D eigenvalue weighted by molar-refractivity contribution is 0.620. The van der Waals surface area contributed by atoms with Crippen LogP contribution in [0.1, 0.15) is 5.56 Å². The summed E-state index contributed by atoms with van der Waals surface area (Å²) in [7, 11) is 0. The van der Waals surface area contributed by atoms with Gasteiger partial charge in [-0.2, -0.15) is 0 Å². The summed E-state index contributed by atoms with van der Waals surface area (Å²) in [5.41, 5.74) is 0.606. The largest absolute Gasteiger partial charge is 0.206 e. The van der Waals surface area contributed by atoms with Gasteiger partial charge in [0.1, 0.15) is 5.82 Å². The van der Waals surface area contributed by atoms with Crippen molar-refractivity contribution >= 4 is 39.1 Å². The first-order chi connectivity index (χ1) is 5.15. The first kappa shape index (κ1) is 9.30. The summed E-state index contributed by atoms with van der Waals surface area (Å²) < 4.78 is 13.1. The van der Waals surface area contributed by atoms with Crippen LogP contribution in [-0.4, -0.2) is 0 Å². The van der Waals surface area contributed by atoms with Crippen molar-refractivity contribution in [2.75, 3.05) is 0 Å². The predicted octanol–water partition coefficient (Wildman–Crippen LogP) is 3.98. The molecule has 0 radical (unpaired) electrons. The van der Waals surface area contributed by atoms with Crippen LogP contribution in [0.2, 0.25) is 5.02 Å². The maximum atomic E-state index is 12.8. The fourth-order valence-electron chi connectivity index (χ4n) is 0.666. The van der Waals surface area contributed by atoms with E-state index in [4.69, 9.17) is 23.2 Å². The van der Waals surface area contributed by atoms with Gasteiger partial charge in [-0.3, -0.25) is 0 Å². The standard InChI is InChI=1S/C7H4BrCl2F/c8-5-2-6(10)4(3-9)1-7(5)11/h1-2H,3H2. The van der Waals surface area contributed by atoms with Gasteiger partial charge < -0.3 is 0 Å².